The zero-order valence-electron chi connectivity index (χ0n) is 15.4. The summed E-state index contributed by atoms with van der Waals surface area (Å²) in [5.74, 6) is 3.76. The van der Waals surface area contributed by atoms with Crippen LogP contribution in [0.5, 0.6) is 0 Å². The van der Waals surface area contributed by atoms with Gasteiger partial charge in [0, 0.05) is 26.2 Å². The van der Waals surface area contributed by atoms with Crippen molar-refractivity contribution in [3.8, 4) is 0 Å². The van der Waals surface area contributed by atoms with Gasteiger partial charge in [0.25, 0.3) is 0 Å². The Kier molecular flexibility index (Phi) is 6.08. The van der Waals surface area contributed by atoms with Gasteiger partial charge in [-0.15, -0.1) is 0 Å². The van der Waals surface area contributed by atoms with Gasteiger partial charge in [0.1, 0.15) is 12.0 Å². The van der Waals surface area contributed by atoms with Crippen molar-refractivity contribution in [2.45, 2.75) is 47.5 Å². The van der Waals surface area contributed by atoms with Crippen LogP contribution in [0.4, 0.5) is 17.3 Å². The normalized spacial score (nSPS) is 16.4. The fraction of sp³-hybridized carbons (Fsp3) is 0.778. The van der Waals surface area contributed by atoms with E-state index in [0.29, 0.717) is 11.8 Å². The predicted octanol–water partition coefficient (Wildman–Crippen LogP) is 3.41. The van der Waals surface area contributed by atoms with E-state index < -0.39 is 0 Å². The number of aromatic nitrogens is 2. The predicted molar refractivity (Wildman–Crippen MR) is 98.9 cm³/mol. The molecule has 0 aromatic carbocycles. The lowest BCUT2D eigenvalue weighted by Gasteiger charge is -2.34. The van der Waals surface area contributed by atoms with Gasteiger partial charge in [-0.2, -0.15) is 0 Å². The standard InChI is InChI=1S/C18H33N5/c1-13(2)10-23(11-14(3)4)18-16(19)17(20-12-21-18)22-8-6-15(5)7-9-22/h12-15H,6-11,19H2,1-5H3. The van der Waals surface area contributed by atoms with Gasteiger partial charge >= 0.3 is 0 Å². The molecule has 0 spiro atoms. The molecule has 5 nitrogen and oxygen atoms in total. The molecule has 0 atom stereocenters. The minimum atomic E-state index is 0.572. The number of hydrogen-bond donors (Lipinski definition) is 1. The van der Waals surface area contributed by atoms with Crippen LogP contribution in [0, 0.1) is 17.8 Å². The molecule has 130 valence electrons. The molecule has 0 radical (unpaired) electrons. The van der Waals surface area contributed by atoms with E-state index in [0.717, 1.165) is 49.4 Å². The van der Waals surface area contributed by atoms with Crippen molar-refractivity contribution in [3.05, 3.63) is 6.33 Å². The van der Waals surface area contributed by atoms with Gasteiger partial charge < -0.3 is 15.5 Å². The molecule has 2 rings (SSSR count). The van der Waals surface area contributed by atoms with E-state index in [2.05, 4.69) is 54.4 Å². The molecular formula is C18H33N5. The highest BCUT2D eigenvalue weighted by molar-refractivity contribution is 5.75. The third kappa shape index (κ3) is 4.72. The van der Waals surface area contributed by atoms with Gasteiger partial charge in [-0.1, -0.05) is 34.6 Å². The maximum atomic E-state index is 6.49. The fourth-order valence-corrected chi connectivity index (χ4v) is 3.23. The summed E-state index contributed by atoms with van der Waals surface area (Å²) in [5, 5.41) is 0. The first kappa shape index (κ1) is 17.8. The van der Waals surface area contributed by atoms with Crippen LogP contribution < -0.4 is 15.5 Å². The smallest absolute Gasteiger partial charge is 0.157 e. The highest BCUT2D eigenvalue weighted by atomic mass is 15.3. The largest absolute Gasteiger partial charge is 0.393 e. The van der Waals surface area contributed by atoms with E-state index >= 15 is 0 Å². The molecule has 5 heteroatoms. The Labute approximate surface area is 141 Å². The molecule has 23 heavy (non-hydrogen) atoms. The molecule has 1 aromatic rings. The van der Waals surface area contributed by atoms with Crippen molar-refractivity contribution in [2.24, 2.45) is 17.8 Å². The van der Waals surface area contributed by atoms with Crippen LogP contribution >= 0.6 is 0 Å². The van der Waals surface area contributed by atoms with E-state index in [4.69, 9.17) is 5.73 Å². The van der Waals surface area contributed by atoms with Crippen LogP contribution in [0.25, 0.3) is 0 Å². The van der Waals surface area contributed by atoms with Crippen molar-refractivity contribution >= 4 is 17.3 Å². The summed E-state index contributed by atoms with van der Waals surface area (Å²) >= 11 is 0. The number of rotatable bonds is 6. The number of hydrogen-bond acceptors (Lipinski definition) is 5. The molecule has 0 aliphatic carbocycles. The lowest BCUT2D eigenvalue weighted by molar-refractivity contribution is 0.436. The van der Waals surface area contributed by atoms with Crippen molar-refractivity contribution in [1.29, 1.82) is 0 Å². The first-order valence-corrected chi connectivity index (χ1v) is 8.98. The zero-order valence-corrected chi connectivity index (χ0v) is 15.4. The van der Waals surface area contributed by atoms with Gasteiger partial charge in [-0.05, 0) is 30.6 Å². The maximum Gasteiger partial charge on any atom is 0.157 e. The zero-order chi connectivity index (χ0) is 17.0. The molecule has 2 N–H and O–H groups in total. The Morgan fingerprint density at radius 2 is 1.70 bits per heavy atom. The lowest BCUT2D eigenvalue weighted by Crippen LogP contribution is -2.36. The van der Waals surface area contributed by atoms with Crippen LogP contribution in [0.1, 0.15) is 47.5 Å². The summed E-state index contributed by atoms with van der Waals surface area (Å²) in [5.41, 5.74) is 7.23. The van der Waals surface area contributed by atoms with E-state index in [1.807, 2.05) is 0 Å². The highest BCUT2D eigenvalue weighted by Gasteiger charge is 2.23. The maximum absolute atomic E-state index is 6.49. The average molecular weight is 319 g/mol. The van der Waals surface area contributed by atoms with Gasteiger partial charge in [-0.3, -0.25) is 0 Å². The minimum absolute atomic E-state index is 0.572. The van der Waals surface area contributed by atoms with Crippen molar-refractivity contribution in [3.63, 3.8) is 0 Å². The van der Waals surface area contributed by atoms with Crippen LogP contribution in [0.2, 0.25) is 0 Å². The molecule has 1 fully saturated rings. The van der Waals surface area contributed by atoms with Crippen molar-refractivity contribution in [2.75, 3.05) is 41.7 Å². The van der Waals surface area contributed by atoms with Crippen LogP contribution in [0.3, 0.4) is 0 Å². The van der Waals surface area contributed by atoms with E-state index in [1.165, 1.54) is 12.8 Å². The van der Waals surface area contributed by atoms with Crippen LogP contribution in [0.15, 0.2) is 6.33 Å². The summed E-state index contributed by atoms with van der Waals surface area (Å²) < 4.78 is 0. The molecule has 0 bridgehead atoms. The third-order valence-corrected chi connectivity index (χ3v) is 4.40. The number of nitrogen functional groups attached to an aromatic ring is 1. The second-order valence-corrected chi connectivity index (χ2v) is 7.80. The number of piperidine rings is 1. The molecule has 2 heterocycles. The molecule has 1 saturated heterocycles. The van der Waals surface area contributed by atoms with Gasteiger partial charge in [0.2, 0.25) is 0 Å². The lowest BCUT2D eigenvalue weighted by atomic mass is 9.99. The second-order valence-electron chi connectivity index (χ2n) is 7.80. The van der Waals surface area contributed by atoms with Crippen LogP contribution in [-0.2, 0) is 0 Å². The van der Waals surface area contributed by atoms with Crippen molar-refractivity contribution < 1.29 is 0 Å². The average Bonchev–Trinajstić information content (AvgIpc) is 2.47. The topological polar surface area (TPSA) is 58.3 Å². The number of anilines is 3. The Morgan fingerprint density at radius 1 is 1.13 bits per heavy atom. The first-order chi connectivity index (χ1) is 10.9. The third-order valence-electron chi connectivity index (χ3n) is 4.40. The Morgan fingerprint density at radius 3 is 2.22 bits per heavy atom. The molecule has 0 unspecified atom stereocenters. The first-order valence-electron chi connectivity index (χ1n) is 8.98. The number of nitrogens with two attached hydrogens (primary N) is 1. The molecular weight excluding hydrogens is 286 g/mol. The van der Waals surface area contributed by atoms with E-state index in [9.17, 15) is 0 Å². The summed E-state index contributed by atoms with van der Waals surface area (Å²) in [6, 6.07) is 0. The second kappa shape index (κ2) is 7.84. The monoisotopic (exact) mass is 319 g/mol. The molecule has 1 aliphatic rings. The highest BCUT2D eigenvalue weighted by Crippen LogP contribution is 2.32. The molecule has 1 aromatic heterocycles. The summed E-state index contributed by atoms with van der Waals surface area (Å²) in [6.07, 6.45) is 4.09. The van der Waals surface area contributed by atoms with E-state index in [1.54, 1.807) is 6.33 Å². The SMILES string of the molecule is CC(C)CN(CC(C)C)c1ncnc(N2CCC(C)CC2)c1N. The van der Waals surface area contributed by atoms with Gasteiger partial charge in [0.15, 0.2) is 11.6 Å². The fourth-order valence-electron chi connectivity index (χ4n) is 3.23. The molecule has 1 aliphatic heterocycles. The van der Waals surface area contributed by atoms with Crippen molar-refractivity contribution in [1.82, 2.24) is 9.97 Å². The molecule has 0 amide bonds. The molecule has 0 saturated carbocycles. The van der Waals surface area contributed by atoms with E-state index in [-0.39, 0.29) is 0 Å². The Hall–Kier alpha value is -1.52. The minimum Gasteiger partial charge on any atom is -0.393 e. The van der Waals surface area contributed by atoms with Gasteiger partial charge in [-0.25, -0.2) is 9.97 Å². The Balaban J connectivity index is 2.25. The Bertz CT molecular complexity index is 482. The quantitative estimate of drug-likeness (QED) is 0.870. The van der Waals surface area contributed by atoms with Gasteiger partial charge in [0.05, 0.1) is 0 Å². The summed E-state index contributed by atoms with van der Waals surface area (Å²) in [4.78, 5) is 13.7. The number of nitrogens with zero attached hydrogens (tertiary/aromatic N) is 4. The summed E-state index contributed by atoms with van der Waals surface area (Å²) in [6.45, 7) is 15.3. The summed E-state index contributed by atoms with van der Waals surface area (Å²) in [7, 11) is 0. The van der Waals surface area contributed by atoms with Crippen LogP contribution in [-0.4, -0.2) is 36.1 Å².